The molecule has 1 unspecified atom stereocenters. The molecule has 0 aliphatic carbocycles. The van der Waals surface area contributed by atoms with E-state index in [0.717, 1.165) is 12.8 Å². The number of hydrogen-bond donors (Lipinski definition) is 0. The summed E-state index contributed by atoms with van der Waals surface area (Å²) in [6, 6.07) is 5.57. The van der Waals surface area contributed by atoms with Crippen molar-refractivity contribution in [2.75, 3.05) is 13.2 Å². The van der Waals surface area contributed by atoms with Crippen molar-refractivity contribution in [1.82, 2.24) is 24.6 Å². The number of aromatic nitrogens is 4. The molecule has 2 aromatic heterocycles. The third-order valence-corrected chi connectivity index (χ3v) is 4.70. The average Bonchev–Trinajstić information content (AvgIpc) is 3.43. The number of carbonyl (C=O) groups excluding carboxylic acids is 1. The van der Waals surface area contributed by atoms with Gasteiger partial charge in [0.25, 0.3) is 5.91 Å². The molecule has 4 rings (SSSR count). The van der Waals surface area contributed by atoms with Crippen LogP contribution in [0.5, 0.6) is 5.75 Å². The van der Waals surface area contributed by atoms with Gasteiger partial charge >= 0.3 is 0 Å². The smallest absolute Gasteiger partial charge is 0.290 e. The minimum Gasteiger partial charge on any atom is -0.493 e. The normalized spacial score (nSPS) is 16.5. The lowest BCUT2D eigenvalue weighted by atomic mass is 10.2. The quantitative estimate of drug-likeness (QED) is 0.648. The summed E-state index contributed by atoms with van der Waals surface area (Å²) >= 11 is 0. The first kappa shape index (κ1) is 18.1. The summed E-state index contributed by atoms with van der Waals surface area (Å²) in [5.74, 6) is 1.45. The van der Waals surface area contributed by atoms with Crippen molar-refractivity contribution in [2.45, 2.75) is 25.3 Å². The summed E-state index contributed by atoms with van der Waals surface area (Å²) < 4.78 is 25.6. The molecule has 9 heteroatoms. The second-order valence-corrected chi connectivity index (χ2v) is 6.62. The minimum atomic E-state index is -0.309. The highest BCUT2D eigenvalue weighted by atomic mass is 19.1. The number of amides is 1. The molecule has 8 nitrogen and oxygen atoms in total. The molecule has 0 N–H and O–H groups in total. The Bertz CT molecular complexity index is 953. The average molecular weight is 385 g/mol. The van der Waals surface area contributed by atoms with Crippen LogP contribution in [-0.4, -0.2) is 43.7 Å². The Morgan fingerprint density at radius 3 is 2.93 bits per heavy atom. The molecule has 146 valence electrons. The molecule has 1 saturated heterocycles. The summed E-state index contributed by atoms with van der Waals surface area (Å²) in [5, 5.41) is 4.00. The van der Waals surface area contributed by atoms with Gasteiger partial charge in [0.2, 0.25) is 5.89 Å². The maximum atomic E-state index is 12.9. The van der Waals surface area contributed by atoms with Crippen LogP contribution >= 0.6 is 0 Å². The van der Waals surface area contributed by atoms with E-state index in [-0.39, 0.29) is 17.8 Å². The Kier molecular flexibility index (Phi) is 5.05. The summed E-state index contributed by atoms with van der Waals surface area (Å²) in [6.07, 6.45) is 5.42. The van der Waals surface area contributed by atoms with Crippen LogP contribution in [0.4, 0.5) is 4.39 Å². The number of likely N-dealkylation sites (tertiary alicyclic amines) is 1. The zero-order valence-corrected chi connectivity index (χ0v) is 15.4. The number of imidazole rings is 1. The third-order valence-electron chi connectivity index (χ3n) is 4.70. The van der Waals surface area contributed by atoms with Crippen molar-refractivity contribution < 1.29 is 18.4 Å². The first-order valence-electron chi connectivity index (χ1n) is 9.11. The summed E-state index contributed by atoms with van der Waals surface area (Å²) in [4.78, 5) is 23.1. The first-order chi connectivity index (χ1) is 13.6. The van der Waals surface area contributed by atoms with Crippen LogP contribution in [-0.2, 0) is 13.5 Å². The molecule has 1 aromatic carbocycles. The minimum absolute atomic E-state index is 0.144. The van der Waals surface area contributed by atoms with Gasteiger partial charge in [-0.15, -0.1) is 0 Å². The van der Waals surface area contributed by atoms with E-state index < -0.39 is 0 Å². The highest BCUT2D eigenvalue weighted by molar-refractivity contribution is 5.91. The summed E-state index contributed by atoms with van der Waals surface area (Å²) in [7, 11) is 1.79. The van der Waals surface area contributed by atoms with E-state index in [0.29, 0.717) is 42.9 Å². The van der Waals surface area contributed by atoms with Gasteiger partial charge in [-0.05, 0) is 37.1 Å². The molecule has 0 bridgehead atoms. The number of nitrogens with zero attached hydrogens (tertiary/aromatic N) is 5. The summed E-state index contributed by atoms with van der Waals surface area (Å²) in [5.41, 5.74) is 0. The second-order valence-electron chi connectivity index (χ2n) is 6.62. The van der Waals surface area contributed by atoms with Crippen molar-refractivity contribution in [2.24, 2.45) is 7.05 Å². The first-order valence-corrected chi connectivity index (χ1v) is 9.11. The maximum Gasteiger partial charge on any atom is 0.290 e. The Morgan fingerprint density at radius 1 is 1.36 bits per heavy atom. The number of halogens is 1. The Balaban J connectivity index is 1.38. The van der Waals surface area contributed by atoms with Crippen molar-refractivity contribution >= 4 is 5.91 Å². The lowest BCUT2D eigenvalue weighted by Crippen LogP contribution is -2.32. The molecule has 1 aliphatic heterocycles. The molecule has 3 heterocycles. The predicted octanol–water partition coefficient (Wildman–Crippen LogP) is 2.54. The van der Waals surface area contributed by atoms with E-state index >= 15 is 0 Å². The van der Waals surface area contributed by atoms with Crippen molar-refractivity contribution in [3.05, 3.63) is 60.0 Å². The fourth-order valence-electron chi connectivity index (χ4n) is 3.26. The van der Waals surface area contributed by atoms with Gasteiger partial charge < -0.3 is 18.7 Å². The van der Waals surface area contributed by atoms with Gasteiger partial charge in [-0.2, -0.15) is 4.98 Å². The molecule has 0 saturated carbocycles. The van der Waals surface area contributed by atoms with Gasteiger partial charge in [0.05, 0.1) is 6.61 Å². The molecule has 1 aliphatic rings. The number of rotatable bonds is 6. The molecular formula is C19H20FN5O3. The molecule has 0 radical (unpaired) electrons. The third kappa shape index (κ3) is 3.73. The molecule has 3 aromatic rings. The number of hydrogen-bond acceptors (Lipinski definition) is 6. The number of benzene rings is 1. The molecule has 1 atom stereocenters. The van der Waals surface area contributed by atoms with E-state index in [9.17, 15) is 9.18 Å². The topological polar surface area (TPSA) is 86.3 Å². The van der Waals surface area contributed by atoms with Crippen LogP contribution in [0, 0.1) is 5.82 Å². The van der Waals surface area contributed by atoms with Crippen molar-refractivity contribution in [3.8, 4) is 5.75 Å². The molecular weight excluding hydrogens is 365 g/mol. The van der Waals surface area contributed by atoms with E-state index in [1.54, 1.807) is 41.0 Å². The fourth-order valence-corrected chi connectivity index (χ4v) is 3.26. The standard InChI is InChI=1S/C19H20FN5O3/c1-24-11-9-21-17(24)19(26)25-10-2-3-15(25)18-22-16(23-28-18)8-12-27-14-6-4-13(20)5-7-14/h4-7,9,11,15H,2-3,8,10,12H2,1H3. The highest BCUT2D eigenvalue weighted by Crippen LogP contribution is 2.32. The van der Waals surface area contributed by atoms with Gasteiger partial charge in [0.1, 0.15) is 17.6 Å². The van der Waals surface area contributed by atoms with Crippen LogP contribution < -0.4 is 4.74 Å². The Morgan fingerprint density at radius 2 is 2.18 bits per heavy atom. The monoisotopic (exact) mass is 385 g/mol. The lowest BCUT2D eigenvalue weighted by molar-refractivity contribution is 0.0694. The van der Waals surface area contributed by atoms with E-state index in [4.69, 9.17) is 9.26 Å². The van der Waals surface area contributed by atoms with Gasteiger partial charge in [0.15, 0.2) is 11.6 Å². The number of aryl methyl sites for hydroxylation is 1. The molecule has 1 fully saturated rings. The van der Waals surface area contributed by atoms with Crippen LogP contribution in [0.2, 0.25) is 0 Å². The van der Waals surface area contributed by atoms with Crippen molar-refractivity contribution in [3.63, 3.8) is 0 Å². The van der Waals surface area contributed by atoms with Gasteiger partial charge in [-0.3, -0.25) is 4.79 Å². The highest BCUT2D eigenvalue weighted by Gasteiger charge is 2.35. The maximum absolute atomic E-state index is 12.9. The predicted molar refractivity (Wildman–Crippen MR) is 96.1 cm³/mol. The van der Waals surface area contributed by atoms with E-state index in [1.807, 2.05) is 0 Å². The van der Waals surface area contributed by atoms with Crippen LogP contribution in [0.1, 0.15) is 41.2 Å². The van der Waals surface area contributed by atoms with E-state index in [2.05, 4.69) is 15.1 Å². The largest absolute Gasteiger partial charge is 0.493 e. The molecule has 0 spiro atoms. The zero-order chi connectivity index (χ0) is 19.5. The molecule has 28 heavy (non-hydrogen) atoms. The SMILES string of the molecule is Cn1ccnc1C(=O)N1CCCC1c1nc(CCOc2ccc(F)cc2)no1. The van der Waals surface area contributed by atoms with Crippen LogP contribution in [0.3, 0.4) is 0 Å². The zero-order valence-electron chi connectivity index (χ0n) is 15.4. The van der Waals surface area contributed by atoms with Gasteiger partial charge in [-0.1, -0.05) is 5.16 Å². The lowest BCUT2D eigenvalue weighted by Gasteiger charge is -2.21. The number of ether oxygens (including phenoxy) is 1. The summed E-state index contributed by atoms with van der Waals surface area (Å²) in [6.45, 7) is 0.965. The number of carbonyl (C=O) groups is 1. The van der Waals surface area contributed by atoms with E-state index in [1.165, 1.54) is 12.1 Å². The van der Waals surface area contributed by atoms with Crippen molar-refractivity contribution in [1.29, 1.82) is 0 Å². The Labute approximate surface area is 160 Å². The second kappa shape index (κ2) is 7.79. The fraction of sp³-hybridized carbons (Fsp3) is 0.368. The van der Waals surface area contributed by atoms with Gasteiger partial charge in [-0.25, -0.2) is 9.37 Å². The Hall–Kier alpha value is -3.23. The van der Waals surface area contributed by atoms with Gasteiger partial charge in [0, 0.05) is 32.4 Å². The molecule has 1 amide bonds. The van der Waals surface area contributed by atoms with Crippen LogP contribution in [0.25, 0.3) is 0 Å². The van der Waals surface area contributed by atoms with Crippen LogP contribution in [0.15, 0.2) is 41.2 Å².